The van der Waals surface area contributed by atoms with Gasteiger partial charge in [0.1, 0.15) is 11.3 Å². The molecular formula is C9H13N3O2. The largest absolute Gasteiger partial charge is 0.506 e. The summed E-state index contributed by atoms with van der Waals surface area (Å²) in [5.41, 5.74) is 11.9. The van der Waals surface area contributed by atoms with Crippen LogP contribution in [0.2, 0.25) is 0 Å². The van der Waals surface area contributed by atoms with E-state index in [1.54, 1.807) is 0 Å². The fourth-order valence-corrected chi connectivity index (χ4v) is 0.997. The number of oxazole rings is 1. The summed E-state index contributed by atoms with van der Waals surface area (Å²) in [5.74, 6) is -0.0290. The van der Waals surface area contributed by atoms with Crippen LogP contribution >= 0.6 is 0 Å². The Kier molecular flexibility index (Phi) is 2.81. The zero-order chi connectivity index (χ0) is 10.7. The topological polar surface area (TPSA) is 98.3 Å². The molecule has 5 nitrogen and oxygen atoms in total. The first-order valence-electron chi connectivity index (χ1n) is 4.31. The fourth-order valence-electron chi connectivity index (χ4n) is 0.997. The highest BCUT2D eigenvalue weighted by atomic mass is 16.4. The maximum Gasteiger partial charge on any atom is 0.292 e. The quantitative estimate of drug-likeness (QED) is 0.439. The number of nitrogens with two attached hydrogens (primary N) is 2. The van der Waals surface area contributed by atoms with Crippen molar-refractivity contribution in [2.24, 2.45) is 0 Å². The first kappa shape index (κ1) is 10.2. The zero-order valence-electron chi connectivity index (χ0n) is 8.11. The summed E-state index contributed by atoms with van der Waals surface area (Å²) in [7, 11) is 0. The van der Waals surface area contributed by atoms with Crippen molar-refractivity contribution < 1.29 is 9.52 Å². The average Bonchev–Trinajstić information content (AvgIpc) is 2.49. The van der Waals surface area contributed by atoms with Crippen LogP contribution in [0, 0.1) is 0 Å². The second-order valence-electron chi connectivity index (χ2n) is 2.43. The minimum absolute atomic E-state index is 0.0290. The van der Waals surface area contributed by atoms with E-state index in [0.717, 1.165) is 0 Å². The highest BCUT2D eigenvalue weighted by Gasteiger charge is 2.05. The predicted molar refractivity (Wildman–Crippen MR) is 55.8 cm³/mol. The molecule has 5 N–H and O–H groups in total. The third-order valence-electron chi connectivity index (χ3n) is 1.55. The predicted octanol–water partition coefficient (Wildman–Crippen LogP) is 1.72. The van der Waals surface area contributed by atoms with Crippen molar-refractivity contribution in [3.05, 3.63) is 12.1 Å². The van der Waals surface area contributed by atoms with Crippen LogP contribution in [0.1, 0.15) is 13.8 Å². The van der Waals surface area contributed by atoms with Gasteiger partial charge in [0.2, 0.25) is 0 Å². The van der Waals surface area contributed by atoms with Gasteiger partial charge >= 0.3 is 0 Å². The summed E-state index contributed by atoms with van der Waals surface area (Å²) in [6.07, 6.45) is 0. The van der Waals surface area contributed by atoms with Crippen LogP contribution in [-0.2, 0) is 0 Å². The molecule has 2 rings (SSSR count). The Morgan fingerprint density at radius 2 is 1.93 bits per heavy atom. The summed E-state index contributed by atoms with van der Waals surface area (Å²) in [5, 5.41) is 9.17. The van der Waals surface area contributed by atoms with Gasteiger partial charge in [0.05, 0.1) is 5.69 Å². The Hall–Kier alpha value is -1.91. The molecule has 0 aliphatic carbocycles. The maximum absolute atomic E-state index is 9.17. The van der Waals surface area contributed by atoms with Crippen molar-refractivity contribution >= 4 is 22.8 Å². The molecule has 0 radical (unpaired) electrons. The van der Waals surface area contributed by atoms with E-state index in [2.05, 4.69) is 4.98 Å². The Morgan fingerprint density at radius 3 is 2.57 bits per heavy atom. The standard InChI is InChI=1S/C7H7N3O2.C2H6/c8-3-1-4-6(2-5(3)11)12-7(9)10-4;1-2/h1-2,11H,8H2,(H2,9,10);1-2H3. The molecule has 0 aliphatic rings. The van der Waals surface area contributed by atoms with Gasteiger partial charge in [0, 0.05) is 6.07 Å². The third-order valence-corrected chi connectivity index (χ3v) is 1.55. The van der Waals surface area contributed by atoms with Crippen molar-refractivity contribution in [1.29, 1.82) is 0 Å². The average molecular weight is 195 g/mol. The molecule has 0 saturated heterocycles. The van der Waals surface area contributed by atoms with E-state index in [1.807, 2.05) is 13.8 Å². The van der Waals surface area contributed by atoms with Crippen LogP contribution < -0.4 is 11.5 Å². The highest BCUT2D eigenvalue weighted by Crippen LogP contribution is 2.27. The summed E-state index contributed by atoms with van der Waals surface area (Å²) in [6.45, 7) is 4.00. The lowest BCUT2D eigenvalue weighted by Crippen LogP contribution is -1.84. The number of hydrogen-bond donors (Lipinski definition) is 3. The molecular weight excluding hydrogens is 182 g/mol. The number of nitrogen functional groups attached to an aromatic ring is 2. The first-order chi connectivity index (χ1) is 6.66. The molecule has 0 amide bonds. The van der Waals surface area contributed by atoms with Gasteiger partial charge in [-0.15, -0.1) is 0 Å². The van der Waals surface area contributed by atoms with E-state index in [-0.39, 0.29) is 17.5 Å². The van der Waals surface area contributed by atoms with Gasteiger partial charge in [-0.1, -0.05) is 13.8 Å². The molecule has 0 spiro atoms. The molecule has 1 aromatic carbocycles. The van der Waals surface area contributed by atoms with E-state index in [1.165, 1.54) is 12.1 Å². The van der Waals surface area contributed by atoms with E-state index in [9.17, 15) is 5.11 Å². The normalized spacial score (nSPS) is 9.57. The number of phenolic OH excluding ortho intramolecular Hbond substituents is 1. The number of hydrogen-bond acceptors (Lipinski definition) is 5. The van der Waals surface area contributed by atoms with Crippen LogP contribution in [0.25, 0.3) is 11.1 Å². The fraction of sp³-hybridized carbons (Fsp3) is 0.222. The molecule has 2 aromatic rings. The Morgan fingerprint density at radius 1 is 1.29 bits per heavy atom. The van der Waals surface area contributed by atoms with Gasteiger partial charge < -0.3 is 21.0 Å². The van der Waals surface area contributed by atoms with E-state index in [0.29, 0.717) is 11.1 Å². The molecule has 0 aliphatic heterocycles. The lowest BCUT2D eigenvalue weighted by atomic mass is 10.3. The monoisotopic (exact) mass is 195 g/mol. The number of phenols is 1. The van der Waals surface area contributed by atoms with Crippen LogP contribution in [0.15, 0.2) is 16.5 Å². The number of benzene rings is 1. The lowest BCUT2D eigenvalue weighted by molar-refractivity contribution is 0.477. The molecule has 0 atom stereocenters. The first-order valence-corrected chi connectivity index (χ1v) is 4.31. The molecule has 76 valence electrons. The van der Waals surface area contributed by atoms with Gasteiger partial charge in [0.25, 0.3) is 6.01 Å². The molecule has 1 aromatic heterocycles. The van der Waals surface area contributed by atoms with Gasteiger partial charge in [0.15, 0.2) is 5.58 Å². The summed E-state index contributed by atoms with van der Waals surface area (Å²) < 4.78 is 4.95. The van der Waals surface area contributed by atoms with Crippen LogP contribution in [0.3, 0.4) is 0 Å². The Balaban J connectivity index is 0.000000461. The second-order valence-corrected chi connectivity index (χ2v) is 2.43. The third kappa shape index (κ3) is 1.71. The number of aromatic hydroxyl groups is 1. The van der Waals surface area contributed by atoms with Crippen molar-refractivity contribution in [2.45, 2.75) is 13.8 Å². The number of nitrogens with zero attached hydrogens (tertiary/aromatic N) is 1. The SMILES string of the molecule is CC.Nc1nc2cc(N)c(O)cc2o1. The van der Waals surface area contributed by atoms with E-state index >= 15 is 0 Å². The van der Waals surface area contributed by atoms with E-state index in [4.69, 9.17) is 15.9 Å². The van der Waals surface area contributed by atoms with Crippen molar-refractivity contribution in [2.75, 3.05) is 11.5 Å². The molecule has 5 heteroatoms. The van der Waals surface area contributed by atoms with E-state index < -0.39 is 0 Å². The summed E-state index contributed by atoms with van der Waals surface area (Å²) in [6, 6.07) is 2.95. The van der Waals surface area contributed by atoms with Crippen LogP contribution in [-0.4, -0.2) is 10.1 Å². The lowest BCUT2D eigenvalue weighted by Gasteiger charge is -1.94. The number of fused-ring (bicyclic) bond motifs is 1. The number of rotatable bonds is 0. The highest BCUT2D eigenvalue weighted by molar-refractivity contribution is 5.81. The molecule has 0 saturated carbocycles. The van der Waals surface area contributed by atoms with Gasteiger partial charge in [-0.25, -0.2) is 0 Å². The van der Waals surface area contributed by atoms with Crippen molar-refractivity contribution in [3.63, 3.8) is 0 Å². The van der Waals surface area contributed by atoms with Crippen LogP contribution in [0.4, 0.5) is 11.7 Å². The zero-order valence-corrected chi connectivity index (χ0v) is 8.11. The van der Waals surface area contributed by atoms with Crippen molar-refractivity contribution in [1.82, 2.24) is 4.98 Å². The van der Waals surface area contributed by atoms with Gasteiger partial charge in [-0.2, -0.15) is 4.98 Å². The minimum atomic E-state index is -0.0290. The molecule has 0 bridgehead atoms. The number of anilines is 2. The Labute approximate surface area is 81.3 Å². The van der Waals surface area contributed by atoms with Crippen molar-refractivity contribution in [3.8, 4) is 5.75 Å². The molecule has 0 fully saturated rings. The second kappa shape index (κ2) is 3.87. The Bertz CT molecular complexity index is 398. The molecule has 0 unspecified atom stereocenters. The molecule has 14 heavy (non-hydrogen) atoms. The number of aromatic nitrogens is 1. The van der Waals surface area contributed by atoms with Gasteiger partial charge in [-0.05, 0) is 6.07 Å². The summed E-state index contributed by atoms with van der Waals surface area (Å²) in [4.78, 5) is 3.84. The minimum Gasteiger partial charge on any atom is -0.506 e. The van der Waals surface area contributed by atoms with Crippen LogP contribution in [0.5, 0.6) is 5.75 Å². The van der Waals surface area contributed by atoms with Gasteiger partial charge in [-0.3, -0.25) is 0 Å². The maximum atomic E-state index is 9.17. The smallest absolute Gasteiger partial charge is 0.292 e. The molecule has 1 heterocycles. The summed E-state index contributed by atoms with van der Waals surface area (Å²) >= 11 is 0.